The first kappa shape index (κ1) is 33.1. The van der Waals surface area contributed by atoms with Crippen molar-refractivity contribution in [3.63, 3.8) is 0 Å². The van der Waals surface area contributed by atoms with Gasteiger partial charge in [-0.3, -0.25) is 15.0 Å². The monoisotopic (exact) mass is 716 g/mol. The number of benzene rings is 3. The summed E-state index contributed by atoms with van der Waals surface area (Å²) in [5, 5.41) is 23.4. The van der Waals surface area contributed by atoms with E-state index >= 15 is 0 Å². The van der Waals surface area contributed by atoms with Gasteiger partial charge in [-0.1, -0.05) is 57.6 Å². The van der Waals surface area contributed by atoms with Crippen molar-refractivity contribution >= 4 is 71.8 Å². The highest BCUT2D eigenvalue weighted by Crippen LogP contribution is 2.39. The molecule has 4 aromatic rings. The molecule has 3 aromatic carbocycles. The number of nitrogens with one attached hydrogen (secondary N) is 2. The van der Waals surface area contributed by atoms with E-state index in [0.717, 1.165) is 48.6 Å². The number of nitrogens with zero attached hydrogens (tertiary/aromatic N) is 2. The van der Waals surface area contributed by atoms with Crippen LogP contribution in [0, 0.1) is 0 Å². The van der Waals surface area contributed by atoms with E-state index in [4.69, 9.17) is 5.11 Å². The number of urea groups is 1. The Morgan fingerprint density at radius 3 is 2.39 bits per heavy atom. The molecule has 1 heterocycles. The van der Waals surface area contributed by atoms with E-state index in [1.165, 1.54) is 28.7 Å². The zero-order valence-electron chi connectivity index (χ0n) is 24.1. The Morgan fingerprint density at radius 1 is 1.04 bits per heavy atom. The SMILES string of the molecule is O=C(NC[C@@H](O)C(=O)O)c1ccc(CN(C(=O)Nc2nc3cc(C(F)(F)F)c(Br)cc3s2)c2ccc(C3=CCCCC3)cc2)cc1. The minimum absolute atomic E-state index is 0.0716. The molecule has 0 radical (unpaired) electrons. The van der Waals surface area contributed by atoms with Gasteiger partial charge >= 0.3 is 18.2 Å². The molecule has 1 atom stereocenters. The Balaban J connectivity index is 1.38. The number of hydrogen-bond donors (Lipinski definition) is 4. The highest BCUT2D eigenvalue weighted by molar-refractivity contribution is 9.10. The van der Waals surface area contributed by atoms with Crippen LogP contribution in [0.1, 0.15) is 52.7 Å². The second-order valence-electron chi connectivity index (χ2n) is 10.6. The van der Waals surface area contributed by atoms with Crippen molar-refractivity contribution in [2.45, 2.75) is 44.5 Å². The van der Waals surface area contributed by atoms with Crippen LogP contribution >= 0.6 is 27.3 Å². The van der Waals surface area contributed by atoms with Crippen molar-refractivity contribution in [1.82, 2.24) is 10.3 Å². The molecule has 1 aromatic heterocycles. The first-order valence-electron chi connectivity index (χ1n) is 14.2. The third-order valence-electron chi connectivity index (χ3n) is 7.38. The summed E-state index contributed by atoms with van der Waals surface area (Å²) in [5.41, 5.74) is 2.97. The molecule has 9 nitrogen and oxygen atoms in total. The quantitative estimate of drug-likeness (QED) is 0.142. The highest BCUT2D eigenvalue weighted by Gasteiger charge is 2.34. The predicted molar refractivity (Wildman–Crippen MR) is 173 cm³/mol. The van der Waals surface area contributed by atoms with E-state index in [9.17, 15) is 32.7 Å². The second kappa shape index (κ2) is 14.0. The van der Waals surface area contributed by atoms with E-state index < -0.39 is 42.3 Å². The van der Waals surface area contributed by atoms with Gasteiger partial charge in [0.15, 0.2) is 11.2 Å². The first-order chi connectivity index (χ1) is 21.9. The molecule has 46 heavy (non-hydrogen) atoms. The maximum atomic E-state index is 13.7. The zero-order valence-corrected chi connectivity index (χ0v) is 26.5. The number of alkyl halides is 3. The summed E-state index contributed by atoms with van der Waals surface area (Å²) in [5.74, 6) is -2.03. The number of anilines is 2. The van der Waals surface area contributed by atoms with Gasteiger partial charge in [-0.05, 0) is 78.8 Å². The largest absolute Gasteiger partial charge is 0.479 e. The van der Waals surface area contributed by atoms with Crippen molar-refractivity contribution in [2.24, 2.45) is 0 Å². The van der Waals surface area contributed by atoms with E-state index in [1.807, 2.05) is 24.3 Å². The molecule has 3 amide bonds. The molecule has 240 valence electrons. The van der Waals surface area contributed by atoms with Gasteiger partial charge in [0.05, 0.1) is 28.9 Å². The predicted octanol–water partition coefficient (Wildman–Crippen LogP) is 7.45. The Labute approximate surface area is 273 Å². The van der Waals surface area contributed by atoms with Gasteiger partial charge < -0.3 is 15.5 Å². The molecule has 14 heteroatoms. The van der Waals surface area contributed by atoms with Gasteiger partial charge in [0, 0.05) is 15.7 Å². The molecule has 5 rings (SSSR count). The average molecular weight is 718 g/mol. The number of aliphatic hydroxyl groups excluding tert-OH is 1. The van der Waals surface area contributed by atoms with Crippen LogP contribution in [0.3, 0.4) is 0 Å². The normalized spacial score (nSPS) is 14.0. The molecule has 0 fully saturated rings. The molecule has 0 spiro atoms. The van der Waals surface area contributed by atoms with E-state index in [0.29, 0.717) is 16.0 Å². The molecule has 0 unspecified atom stereocenters. The fourth-order valence-corrected chi connectivity index (χ4v) is 6.53. The van der Waals surface area contributed by atoms with Crippen LogP contribution in [0.15, 0.2) is 71.2 Å². The summed E-state index contributed by atoms with van der Waals surface area (Å²) >= 11 is 4.01. The lowest BCUT2D eigenvalue weighted by Gasteiger charge is -2.24. The summed E-state index contributed by atoms with van der Waals surface area (Å²) < 4.78 is 40.6. The van der Waals surface area contributed by atoms with Crippen LogP contribution in [0.5, 0.6) is 0 Å². The standard InChI is InChI=1S/C32H28BrF3N4O5S/c33-24-15-27-25(14-23(24)32(34,35)36)38-30(46-27)39-31(45)40(22-12-10-20(11-13-22)19-4-2-1-3-5-19)17-18-6-8-21(9-7-18)28(42)37-16-26(41)29(43)44/h4,6-15,26,41H,1-3,5,16-17H2,(H,37,42)(H,43,44)(H,38,39,45)/t26-/m1/s1. The summed E-state index contributed by atoms with van der Waals surface area (Å²) in [6, 6.07) is 15.5. The number of carboxylic acid groups (broad SMARTS) is 1. The van der Waals surface area contributed by atoms with Crippen LogP contribution in [0.25, 0.3) is 15.8 Å². The van der Waals surface area contributed by atoms with Crippen molar-refractivity contribution in [3.8, 4) is 0 Å². The molecular weight excluding hydrogens is 689 g/mol. The number of amides is 3. The average Bonchev–Trinajstić information content (AvgIpc) is 3.43. The lowest BCUT2D eigenvalue weighted by Crippen LogP contribution is -2.36. The van der Waals surface area contributed by atoms with Gasteiger partial charge in [0.2, 0.25) is 0 Å². The number of fused-ring (bicyclic) bond motifs is 1. The maximum absolute atomic E-state index is 13.7. The number of carbonyl (C=O) groups excluding carboxylic acids is 2. The van der Waals surface area contributed by atoms with Crippen molar-refractivity contribution in [2.75, 3.05) is 16.8 Å². The summed E-state index contributed by atoms with van der Waals surface area (Å²) in [6.45, 7) is -0.390. The Morgan fingerprint density at radius 2 is 1.76 bits per heavy atom. The van der Waals surface area contributed by atoms with Crippen LogP contribution in [-0.4, -0.2) is 45.8 Å². The number of aromatic nitrogens is 1. The number of carbonyl (C=O) groups is 3. The van der Waals surface area contributed by atoms with E-state index in [2.05, 4.69) is 37.6 Å². The molecule has 0 bridgehead atoms. The summed E-state index contributed by atoms with van der Waals surface area (Å²) in [6.07, 6.45) is 0.163. The number of thiazole rings is 1. The summed E-state index contributed by atoms with van der Waals surface area (Å²) in [7, 11) is 0. The maximum Gasteiger partial charge on any atom is 0.417 e. The van der Waals surface area contributed by atoms with Gasteiger partial charge in [-0.15, -0.1) is 0 Å². The van der Waals surface area contributed by atoms with E-state index in [1.54, 1.807) is 12.1 Å². The lowest BCUT2D eigenvalue weighted by molar-refractivity contribution is -0.146. The number of allylic oxidation sites excluding steroid dienone is 2. The fraction of sp³-hybridized carbons (Fsp3) is 0.250. The first-order valence-corrected chi connectivity index (χ1v) is 15.8. The number of aliphatic carboxylic acids is 1. The van der Waals surface area contributed by atoms with Crippen LogP contribution in [0.4, 0.5) is 28.8 Å². The number of rotatable bonds is 9. The number of hydrogen-bond acceptors (Lipinski definition) is 6. The van der Waals surface area contributed by atoms with Crippen LogP contribution in [-0.2, 0) is 17.5 Å². The molecule has 0 aliphatic heterocycles. The molecule has 4 N–H and O–H groups in total. The fourth-order valence-electron chi connectivity index (χ4n) is 4.94. The molecule has 1 aliphatic carbocycles. The third kappa shape index (κ3) is 7.92. The molecule has 0 saturated carbocycles. The van der Waals surface area contributed by atoms with Crippen molar-refractivity contribution in [3.05, 3.63) is 93.5 Å². The zero-order chi connectivity index (χ0) is 33.0. The number of halogens is 4. The molecular formula is C32H28BrF3N4O5S. The summed E-state index contributed by atoms with van der Waals surface area (Å²) in [4.78, 5) is 42.6. The van der Waals surface area contributed by atoms with Gasteiger partial charge in [-0.25, -0.2) is 14.6 Å². The van der Waals surface area contributed by atoms with Gasteiger partial charge in [0.25, 0.3) is 5.91 Å². The Bertz CT molecular complexity index is 1790. The van der Waals surface area contributed by atoms with Crippen molar-refractivity contribution in [1.29, 1.82) is 0 Å². The van der Waals surface area contributed by atoms with E-state index in [-0.39, 0.29) is 27.2 Å². The molecule has 1 aliphatic rings. The Hall–Kier alpha value is -4.27. The van der Waals surface area contributed by atoms with Gasteiger partial charge in [0.1, 0.15) is 0 Å². The third-order valence-corrected chi connectivity index (χ3v) is 8.97. The van der Waals surface area contributed by atoms with Crippen molar-refractivity contribution < 1.29 is 37.8 Å². The molecule has 0 saturated heterocycles. The lowest BCUT2D eigenvalue weighted by atomic mass is 9.93. The number of aliphatic hydroxyl groups is 1. The topological polar surface area (TPSA) is 132 Å². The Kier molecular flexibility index (Phi) is 10.1. The van der Waals surface area contributed by atoms with Crippen LogP contribution < -0.4 is 15.5 Å². The minimum Gasteiger partial charge on any atom is -0.479 e. The smallest absolute Gasteiger partial charge is 0.417 e. The highest BCUT2D eigenvalue weighted by atomic mass is 79.9. The van der Waals surface area contributed by atoms with Crippen LogP contribution in [0.2, 0.25) is 0 Å². The minimum atomic E-state index is -4.58. The van der Waals surface area contributed by atoms with Gasteiger partial charge in [-0.2, -0.15) is 13.2 Å². The number of carboxylic acids is 1. The second-order valence-corrected chi connectivity index (χ2v) is 12.5.